The summed E-state index contributed by atoms with van der Waals surface area (Å²) >= 11 is 0. The third kappa shape index (κ3) is 11.2. The van der Waals surface area contributed by atoms with Gasteiger partial charge >= 0.3 is 0 Å². The maximum Gasteiger partial charge on any atom is 0.0565 e. The third-order valence-corrected chi connectivity index (χ3v) is 5.32. The molecule has 1 heterocycles. The van der Waals surface area contributed by atoms with Crippen molar-refractivity contribution in [3.63, 3.8) is 0 Å². The Labute approximate surface area is 154 Å². The molecule has 25 heavy (non-hydrogen) atoms. The van der Waals surface area contributed by atoms with Crippen LogP contribution in [0.1, 0.15) is 65.2 Å². The minimum Gasteiger partial charge on any atom is -0.396 e. The highest BCUT2D eigenvalue weighted by Crippen LogP contribution is 2.17. The lowest BCUT2D eigenvalue weighted by Crippen LogP contribution is -2.39. The minimum absolute atomic E-state index is 0.0575. The summed E-state index contributed by atoms with van der Waals surface area (Å²) in [4.78, 5) is 2.55. The molecule has 0 aromatic heterocycles. The van der Waals surface area contributed by atoms with Crippen molar-refractivity contribution in [1.29, 1.82) is 0 Å². The molecule has 3 atom stereocenters. The number of nitrogens with zero attached hydrogens (tertiary/aromatic N) is 1. The van der Waals surface area contributed by atoms with Gasteiger partial charge < -0.3 is 25.5 Å². The molecule has 0 aliphatic carbocycles. The summed E-state index contributed by atoms with van der Waals surface area (Å²) < 4.78 is 0. The molecule has 0 spiro atoms. The first-order chi connectivity index (χ1) is 12.0. The molecule has 0 saturated carbocycles. The van der Waals surface area contributed by atoms with Crippen LogP contribution < -0.4 is 5.32 Å². The van der Waals surface area contributed by atoms with Gasteiger partial charge in [0.05, 0.1) is 12.2 Å². The topological polar surface area (TPSA) is 76.0 Å². The van der Waals surface area contributed by atoms with Crippen LogP contribution >= 0.6 is 0 Å². The summed E-state index contributed by atoms with van der Waals surface area (Å²) in [5.41, 5.74) is 0. The summed E-state index contributed by atoms with van der Waals surface area (Å²) in [5, 5.41) is 32.3. The van der Waals surface area contributed by atoms with Gasteiger partial charge in [0.15, 0.2) is 0 Å². The highest BCUT2D eigenvalue weighted by molar-refractivity contribution is 4.75. The van der Waals surface area contributed by atoms with E-state index in [-0.39, 0.29) is 12.7 Å². The van der Waals surface area contributed by atoms with Crippen molar-refractivity contribution in [2.24, 2.45) is 11.8 Å². The van der Waals surface area contributed by atoms with Gasteiger partial charge in [0.1, 0.15) is 0 Å². The molecule has 0 aromatic carbocycles. The Balaban J connectivity index is 2.42. The van der Waals surface area contributed by atoms with E-state index in [2.05, 4.69) is 24.1 Å². The highest BCUT2D eigenvalue weighted by Gasteiger charge is 2.20. The van der Waals surface area contributed by atoms with Crippen molar-refractivity contribution >= 4 is 0 Å². The van der Waals surface area contributed by atoms with Gasteiger partial charge in [0.2, 0.25) is 0 Å². The number of nitrogens with one attached hydrogen (secondary N) is 1. The molecule has 0 bridgehead atoms. The predicted octanol–water partition coefficient (Wildman–Crippen LogP) is 2.00. The van der Waals surface area contributed by atoms with E-state index < -0.39 is 6.10 Å². The van der Waals surface area contributed by atoms with Crippen LogP contribution in [-0.4, -0.2) is 71.8 Å². The second-order valence-electron chi connectivity index (χ2n) is 8.04. The van der Waals surface area contributed by atoms with E-state index in [1.54, 1.807) is 0 Å². The van der Waals surface area contributed by atoms with Crippen molar-refractivity contribution in [2.75, 3.05) is 39.3 Å². The number of aliphatic hydroxyl groups is 3. The van der Waals surface area contributed by atoms with Crippen LogP contribution in [0.2, 0.25) is 0 Å². The van der Waals surface area contributed by atoms with Crippen molar-refractivity contribution < 1.29 is 15.3 Å². The first kappa shape index (κ1) is 22.8. The van der Waals surface area contributed by atoms with Crippen LogP contribution in [0.5, 0.6) is 0 Å². The van der Waals surface area contributed by atoms with Crippen molar-refractivity contribution in [1.82, 2.24) is 10.2 Å². The molecule has 4 N–H and O–H groups in total. The molecule has 0 radical (unpaired) electrons. The zero-order valence-electron chi connectivity index (χ0n) is 16.5. The normalized spacial score (nSPS) is 19.9. The van der Waals surface area contributed by atoms with Gasteiger partial charge in [-0.3, -0.25) is 0 Å². The number of hydrogen-bond acceptors (Lipinski definition) is 5. The smallest absolute Gasteiger partial charge is 0.0565 e. The van der Waals surface area contributed by atoms with E-state index in [0.717, 1.165) is 70.7 Å². The Morgan fingerprint density at radius 1 is 1.08 bits per heavy atom. The Kier molecular flexibility index (Phi) is 12.7. The van der Waals surface area contributed by atoms with E-state index >= 15 is 0 Å². The van der Waals surface area contributed by atoms with Gasteiger partial charge in [0.25, 0.3) is 0 Å². The molecular formula is C20H42N2O3. The lowest BCUT2D eigenvalue weighted by atomic mass is 9.95. The molecule has 0 aromatic rings. The average Bonchev–Trinajstić information content (AvgIpc) is 2.56. The molecular weight excluding hydrogens is 316 g/mol. The van der Waals surface area contributed by atoms with Gasteiger partial charge in [-0.15, -0.1) is 0 Å². The SMILES string of the molecule is CCCC(O)CCCN(CC(C)CC(O)CCO)CC1CCNCC1. The Morgan fingerprint density at radius 2 is 1.80 bits per heavy atom. The van der Waals surface area contributed by atoms with Crippen LogP contribution in [0.25, 0.3) is 0 Å². The molecule has 1 rings (SSSR count). The number of rotatable bonds is 14. The summed E-state index contributed by atoms with van der Waals surface area (Å²) in [6.07, 6.45) is 7.03. The van der Waals surface area contributed by atoms with E-state index in [1.165, 1.54) is 12.8 Å². The maximum atomic E-state index is 9.96. The van der Waals surface area contributed by atoms with Crippen LogP contribution in [0.3, 0.4) is 0 Å². The minimum atomic E-state index is -0.396. The molecule has 5 heteroatoms. The lowest BCUT2D eigenvalue weighted by molar-refractivity contribution is 0.0941. The summed E-state index contributed by atoms with van der Waals surface area (Å²) in [6, 6.07) is 0. The summed E-state index contributed by atoms with van der Waals surface area (Å²) in [7, 11) is 0. The van der Waals surface area contributed by atoms with E-state index in [9.17, 15) is 10.2 Å². The summed E-state index contributed by atoms with van der Waals surface area (Å²) in [6.45, 7) is 9.78. The Bertz CT molecular complexity index is 311. The van der Waals surface area contributed by atoms with Gasteiger partial charge in [-0.05, 0) is 76.4 Å². The van der Waals surface area contributed by atoms with E-state index in [1.807, 2.05) is 0 Å². The fraction of sp³-hybridized carbons (Fsp3) is 1.00. The highest BCUT2D eigenvalue weighted by atomic mass is 16.3. The maximum absolute atomic E-state index is 9.96. The molecule has 3 unspecified atom stereocenters. The third-order valence-electron chi connectivity index (χ3n) is 5.32. The quantitative estimate of drug-likeness (QED) is 0.382. The lowest BCUT2D eigenvalue weighted by Gasteiger charge is -2.32. The van der Waals surface area contributed by atoms with Crippen molar-refractivity contribution in [3.05, 3.63) is 0 Å². The fourth-order valence-corrected chi connectivity index (χ4v) is 3.96. The summed E-state index contributed by atoms with van der Waals surface area (Å²) in [5.74, 6) is 1.18. The van der Waals surface area contributed by atoms with E-state index in [4.69, 9.17) is 5.11 Å². The van der Waals surface area contributed by atoms with Crippen LogP contribution in [-0.2, 0) is 0 Å². The van der Waals surface area contributed by atoms with Crippen LogP contribution in [0.4, 0.5) is 0 Å². The van der Waals surface area contributed by atoms with Gasteiger partial charge in [0, 0.05) is 19.7 Å². The predicted molar refractivity (Wildman–Crippen MR) is 104 cm³/mol. The average molecular weight is 359 g/mol. The molecule has 1 aliphatic heterocycles. The van der Waals surface area contributed by atoms with Gasteiger partial charge in [-0.1, -0.05) is 20.3 Å². The fourth-order valence-electron chi connectivity index (χ4n) is 3.96. The van der Waals surface area contributed by atoms with Gasteiger partial charge in [-0.2, -0.15) is 0 Å². The zero-order valence-corrected chi connectivity index (χ0v) is 16.5. The second kappa shape index (κ2) is 13.9. The van der Waals surface area contributed by atoms with Gasteiger partial charge in [-0.25, -0.2) is 0 Å². The molecule has 5 nitrogen and oxygen atoms in total. The molecule has 150 valence electrons. The Morgan fingerprint density at radius 3 is 2.44 bits per heavy atom. The Hall–Kier alpha value is -0.200. The van der Waals surface area contributed by atoms with Crippen LogP contribution in [0, 0.1) is 11.8 Å². The molecule has 1 saturated heterocycles. The van der Waals surface area contributed by atoms with Crippen molar-refractivity contribution in [3.8, 4) is 0 Å². The van der Waals surface area contributed by atoms with Crippen LogP contribution in [0.15, 0.2) is 0 Å². The number of piperidine rings is 1. The van der Waals surface area contributed by atoms with E-state index in [0.29, 0.717) is 12.3 Å². The zero-order chi connectivity index (χ0) is 18.5. The molecule has 0 amide bonds. The molecule has 1 aliphatic rings. The first-order valence-corrected chi connectivity index (χ1v) is 10.4. The largest absolute Gasteiger partial charge is 0.396 e. The first-order valence-electron chi connectivity index (χ1n) is 10.4. The number of hydrogen-bond donors (Lipinski definition) is 4. The monoisotopic (exact) mass is 358 g/mol. The second-order valence-corrected chi connectivity index (χ2v) is 8.04. The molecule has 1 fully saturated rings. The standard InChI is InChI=1S/C20H42N2O3/c1-3-5-19(24)6-4-12-22(16-18-7-10-21-11-8-18)15-17(2)14-20(25)9-13-23/h17-21,23-25H,3-16H2,1-2H3. The van der Waals surface area contributed by atoms with Crippen molar-refractivity contribution in [2.45, 2.75) is 77.4 Å². The number of aliphatic hydroxyl groups excluding tert-OH is 3.